The molecule has 5 heteroatoms. The van der Waals surface area contributed by atoms with Crippen molar-refractivity contribution in [1.82, 2.24) is 0 Å². The average Bonchev–Trinajstić information content (AvgIpc) is 2.09. The normalized spacial score (nSPS) is 10.5. The van der Waals surface area contributed by atoms with Crippen LogP contribution in [0.5, 0.6) is 5.75 Å². The maximum atomic E-state index is 13.1. The lowest BCUT2D eigenvalue weighted by atomic mass is 10.1. The van der Waals surface area contributed by atoms with Gasteiger partial charge < -0.3 is 10.8 Å². The molecule has 0 aliphatic heterocycles. The van der Waals surface area contributed by atoms with Crippen LogP contribution in [0, 0.1) is 11.6 Å². The van der Waals surface area contributed by atoms with Gasteiger partial charge in [0.15, 0.2) is 5.82 Å². The van der Waals surface area contributed by atoms with Gasteiger partial charge in [-0.05, 0) is 13.0 Å². The molecule has 0 unspecified atom stereocenters. The standard InChI is InChI=1S/C8H8ClF2NO/c9-7-5(10)3-6(13)4(1-2-12)8(7)11/h3,13H,1-2,12H2. The summed E-state index contributed by atoms with van der Waals surface area (Å²) < 4.78 is 25.8. The Morgan fingerprint density at radius 2 is 2.08 bits per heavy atom. The van der Waals surface area contributed by atoms with Gasteiger partial charge in [-0.3, -0.25) is 0 Å². The molecule has 0 spiro atoms. The highest BCUT2D eigenvalue weighted by atomic mass is 35.5. The van der Waals surface area contributed by atoms with Crippen LogP contribution in [-0.2, 0) is 6.42 Å². The highest BCUT2D eigenvalue weighted by Crippen LogP contribution is 2.29. The topological polar surface area (TPSA) is 46.2 Å². The minimum absolute atomic E-state index is 0.0473. The van der Waals surface area contributed by atoms with Crippen molar-refractivity contribution in [2.45, 2.75) is 6.42 Å². The number of nitrogens with two attached hydrogens (primary N) is 1. The fraction of sp³-hybridized carbons (Fsp3) is 0.250. The first kappa shape index (κ1) is 10.2. The summed E-state index contributed by atoms with van der Waals surface area (Å²) in [5, 5.41) is 8.52. The molecule has 0 saturated heterocycles. The summed E-state index contributed by atoms with van der Waals surface area (Å²) in [6.07, 6.45) is 0.123. The Labute approximate surface area is 78.9 Å². The lowest BCUT2D eigenvalue weighted by molar-refractivity contribution is 0.450. The minimum atomic E-state index is -0.975. The third-order valence-corrected chi connectivity index (χ3v) is 1.98. The summed E-state index contributed by atoms with van der Waals surface area (Å²) in [6, 6.07) is 0.774. The molecule has 0 fully saturated rings. The van der Waals surface area contributed by atoms with Gasteiger partial charge in [0.25, 0.3) is 0 Å². The molecule has 0 aliphatic rings. The first-order valence-electron chi connectivity index (χ1n) is 3.63. The maximum absolute atomic E-state index is 13.1. The van der Waals surface area contributed by atoms with Gasteiger partial charge >= 0.3 is 0 Å². The molecule has 0 aromatic heterocycles. The largest absolute Gasteiger partial charge is 0.507 e. The maximum Gasteiger partial charge on any atom is 0.151 e. The molecule has 13 heavy (non-hydrogen) atoms. The smallest absolute Gasteiger partial charge is 0.151 e. The molecule has 2 nitrogen and oxygen atoms in total. The fourth-order valence-corrected chi connectivity index (χ4v) is 1.17. The van der Waals surface area contributed by atoms with E-state index in [0.29, 0.717) is 0 Å². The number of phenolic OH excluding ortho intramolecular Hbond substituents is 1. The van der Waals surface area contributed by atoms with E-state index in [4.69, 9.17) is 22.4 Å². The van der Waals surface area contributed by atoms with Crippen molar-refractivity contribution in [1.29, 1.82) is 0 Å². The second-order valence-electron chi connectivity index (χ2n) is 2.52. The van der Waals surface area contributed by atoms with Crippen LogP contribution < -0.4 is 5.73 Å². The van der Waals surface area contributed by atoms with Crippen LogP contribution in [0.25, 0.3) is 0 Å². The van der Waals surface area contributed by atoms with E-state index in [1.807, 2.05) is 0 Å². The van der Waals surface area contributed by atoms with Crippen molar-refractivity contribution in [3.63, 3.8) is 0 Å². The lowest BCUT2D eigenvalue weighted by Crippen LogP contribution is -2.05. The summed E-state index contributed by atoms with van der Waals surface area (Å²) in [4.78, 5) is 0. The van der Waals surface area contributed by atoms with Crippen molar-refractivity contribution in [3.05, 3.63) is 28.3 Å². The Hall–Kier alpha value is -0.870. The van der Waals surface area contributed by atoms with E-state index in [9.17, 15) is 8.78 Å². The van der Waals surface area contributed by atoms with Crippen molar-refractivity contribution >= 4 is 11.6 Å². The van der Waals surface area contributed by atoms with Gasteiger partial charge in [-0.2, -0.15) is 0 Å². The van der Waals surface area contributed by atoms with Crippen LogP contribution in [0.4, 0.5) is 8.78 Å². The van der Waals surface area contributed by atoms with Crippen LogP contribution in [0.3, 0.4) is 0 Å². The number of aromatic hydroxyl groups is 1. The molecule has 0 heterocycles. The van der Waals surface area contributed by atoms with Crippen LogP contribution >= 0.6 is 11.6 Å². The summed E-state index contributed by atoms with van der Waals surface area (Å²) in [5.74, 6) is -2.37. The third kappa shape index (κ3) is 1.89. The third-order valence-electron chi connectivity index (χ3n) is 1.63. The Kier molecular flexibility index (Phi) is 3.06. The molecular formula is C8H8ClF2NO. The number of phenols is 1. The minimum Gasteiger partial charge on any atom is -0.507 e. The highest BCUT2D eigenvalue weighted by Gasteiger charge is 2.15. The first-order valence-corrected chi connectivity index (χ1v) is 4.01. The molecule has 1 aromatic carbocycles. The van der Waals surface area contributed by atoms with Gasteiger partial charge in [0.1, 0.15) is 16.6 Å². The Balaban J connectivity index is 3.26. The first-order chi connectivity index (χ1) is 6.07. The zero-order chi connectivity index (χ0) is 10.0. The molecule has 0 saturated carbocycles. The zero-order valence-electron chi connectivity index (χ0n) is 6.65. The monoisotopic (exact) mass is 207 g/mol. The van der Waals surface area contributed by atoms with E-state index in [1.54, 1.807) is 0 Å². The molecule has 0 bridgehead atoms. The van der Waals surface area contributed by atoms with Crippen LogP contribution in [-0.4, -0.2) is 11.7 Å². The molecule has 1 rings (SSSR count). The van der Waals surface area contributed by atoms with Crippen LogP contribution in [0.1, 0.15) is 5.56 Å². The molecule has 1 aromatic rings. The summed E-state index contributed by atoms with van der Waals surface area (Å²) >= 11 is 5.29. The van der Waals surface area contributed by atoms with Gasteiger partial charge in [-0.25, -0.2) is 8.78 Å². The predicted octanol–water partition coefficient (Wildman–Crippen LogP) is 1.82. The van der Waals surface area contributed by atoms with Crippen LogP contribution in [0.2, 0.25) is 5.02 Å². The van der Waals surface area contributed by atoms with E-state index in [-0.39, 0.29) is 18.5 Å². The van der Waals surface area contributed by atoms with Gasteiger partial charge in [0, 0.05) is 11.6 Å². The molecule has 3 N–H and O–H groups in total. The molecule has 0 aliphatic carbocycles. The lowest BCUT2D eigenvalue weighted by Gasteiger charge is -2.06. The second kappa shape index (κ2) is 3.89. The van der Waals surface area contributed by atoms with Crippen molar-refractivity contribution in [2.75, 3.05) is 6.54 Å². The summed E-state index contributed by atoms with van der Waals surface area (Å²) in [6.45, 7) is 0.159. The molecule has 0 radical (unpaired) electrons. The predicted molar refractivity (Wildman–Crippen MR) is 45.8 cm³/mol. The number of halogens is 3. The van der Waals surface area contributed by atoms with Crippen molar-refractivity contribution in [3.8, 4) is 5.75 Å². The highest BCUT2D eigenvalue weighted by molar-refractivity contribution is 6.31. The van der Waals surface area contributed by atoms with E-state index in [2.05, 4.69) is 0 Å². The van der Waals surface area contributed by atoms with Gasteiger partial charge in [0.05, 0.1) is 0 Å². The van der Waals surface area contributed by atoms with Crippen LogP contribution in [0.15, 0.2) is 6.07 Å². The number of benzene rings is 1. The average molecular weight is 208 g/mol. The van der Waals surface area contributed by atoms with E-state index < -0.39 is 22.4 Å². The summed E-state index contributed by atoms with van der Waals surface area (Å²) in [5.41, 5.74) is 5.12. The van der Waals surface area contributed by atoms with Gasteiger partial charge in [0.2, 0.25) is 0 Å². The second-order valence-corrected chi connectivity index (χ2v) is 2.90. The van der Waals surface area contributed by atoms with E-state index >= 15 is 0 Å². The van der Waals surface area contributed by atoms with E-state index in [1.165, 1.54) is 0 Å². The van der Waals surface area contributed by atoms with Gasteiger partial charge in [-0.1, -0.05) is 11.6 Å². The Bertz CT molecular complexity index is 330. The van der Waals surface area contributed by atoms with E-state index in [0.717, 1.165) is 6.07 Å². The van der Waals surface area contributed by atoms with Crippen molar-refractivity contribution < 1.29 is 13.9 Å². The molecule has 0 atom stereocenters. The number of hydrogen-bond acceptors (Lipinski definition) is 2. The number of hydrogen-bond donors (Lipinski definition) is 2. The molecule has 0 amide bonds. The SMILES string of the molecule is NCCc1c(O)cc(F)c(Cl)c1F. The van der Waals surface area contributed by atoms with Crippen molar-refractivity contribution in [2.24, 2.45) is 5.73 Å². The zero-order valence-corrected chi connectivity index (χ0v) is 7.41. The Morgan fingerprint density at radius 1 is 1.46 bits per heavy atom. The fourth-order valence-electron chi connectivity index (χ4n) is 1.00. The quantitative estimate of drug-likeness (QED) is 0.727. The summed E-state index contributed by atoms with van der Waals surface area (Å²) in [7, 11) is 0. The Morgan fingerprint density at radius 3 is 2.62 bits per heavy atom. The van der Waals surface area contributed by atoms with Gasteiger partial charge in [-0.15, -0.1) is 0 Å². The molecule has 72 valence electrons. The molecular weight excluding hydrogens is 200 g/mol. The number of rotatable bonds is 2.